The Labute approximate surface area is 147 Å². The molecule has 1 aromatic carbocycles. The molecule has 0 spiro atoms. The number of nitrogens with zero attached hydrogens (tertiary/aromatic N) is 2. The number of hydrogen-bond acceptors (Lipinski definition) is 3. The van der Waals surface area contributed by atoms with Gasteiger partial charge in [-0.2, -0.15) is 0 Å². The fourth-order valence-corrected chi connectivity index (χ4v) is 2.91. The van der Waals surface area contributed by atoms with E-state index in [1.165, 1.54) is 12.1 Å². The van der Waals surface area contributed by atoms with Crippen LogP contribution in [-0.2, 0) is 11.3 Å². The molecule has 0 saturated carbocycles. The SMILES string of the molecule is COCCCCN1CCN(C(=O)NCc2c(F)ccc(C)c2F)CC1. The molecule has 2 amide bonds. The van der Waals surface area contributed by atoms with Crippen LogP contribution >= 0.6 is 0 Å². The topological polar surface area (TPSA) is 44.8 Å². The lowest BCUT2D eigenvalue weighted by Gasteiger charge is -2.34. The largest absolute Gasteiger partial charge is 0.385 e. The van der Waals surface area contributed by atoms with Crippen molar-refractivity contribution in [2.75, 3.05) is 46.4 Å². The number of benzene rings is 1. The number of hydrogen-bond donors (Lipinski definition) is 1. The van der Waals surface area contributed by atoms with Gasteiger partial charge in [0.1, 0.15) is 11.6 Å². The molecule has 0 unspecified atom stereocenters. The zero-order chi connectivity index (χ0) is 18.2. The van der Waals surface area contributed by atoms with Crippen molar-refractivity contribution in [3.8, 4) is 0 Å². The molecule has 1 fully saturated rings. The highest BCUT2D eigenvalue weighted by Gasteiger charge is 2.21. The highest BCUT2D eigenvalue weighted by atomic mass is 19.1. The summed E-state index contributed by atoms with van der Waals surface area (Å²) < 4.78 is 32.7. The molecule has 25 heavy (non-hydrogen) atoms. The lowest BCUT2D eigenvalue weighted by molar-refractivity contribution is 0.133. The van der Waals surface area contributed by atoms with E-state index in [0.717, 1.165) is 39.1 Å². The summed E-state index contributed by atoms with van der Waals surface area (Å²) in [5, 5.41) is 2.62. The van der Waals surface area contributed by atoms with Gasteiger partial charge in [-0.1, -0.05) is 6.07 Å². The average molecular weight is 355 g/mol. The maximum atomic E-state index is 14.0. The van der Waals surface area contributed by atoms with Crippen molar-refractivity contribution >= 4 is 6.03 Å². The quantitative estimate of drug-likeness (QED) is 0.765. The highest BCUT2D eigenvalue weighted by molar-refractivity contribution is 5.74. The third kappa shape index (κ3) is 5.64. The van der Waals surface area contributed by atoms with Crippen LogP contribution in [0.2, 0.25) is 0 Å². The first-order valence-electron chi connectivity index (χ1n) is 8.70. The molecule has 0 bridgehead atoms. The Morgan fingerprint density at radius 3 is 2.60 bits per heavy atom. The van der Waals surface area contributed by atoms with Gasteiger partial charge in [-0.15, -0.1) is 0 Å². The maximum Gasteiger partial charge on any atom is 0.317 e. The van der Waals surface area contributed by atoms with Crippen LogP contribution in [0.15, 0.2) is 12.1 Å². The first kappa shape index (κ1) is 19.6. The van der Waals surface area contributed by atoms with Crippen molar-refractivity contribution in [1.82, 2.24) is 15.1 Å². The van der Waals surface area contributed by atoms with E-state index >= 15 is 0 Å². The number of nitrogens with one attached hydrogen (secondary N) is 1. The summed E-state index contributed by atoms with van der Waals surface area (Å²) in [7, 11) is 1.70. The molecule has 1 aliphatic heterocycles. The molecular formula is C18H27F2N3O2. The van der Waals surface area contributed by atoms with Gasteiger partial charge in [-0.05, 0) is 37.9 Å². The molecule has 0 aliphatic carbocycles. The van der Waals surface area contributed by atoms with Crippen LogP contribution in [0, 0.1) is 18.6 Å². The van der Waals surface area contributed by atoms with Crippen LogP contribution in [0.5, 0.6) is 0 Å². The van der Waals surface area contributed by atoms with E-state index in [1.807, 2.05) is 0 Å². The van der Waals surface area contributed by atoms with E-state index < -0.39 is 11.6 Å². The van der Waals surface area contributed by atoms with Gasteiger partial charge in [0.25, 0.3) is 0 Å². The number of aryl methyl sites for hydroxylation is 1. The Hall–Kier alpha value is -1.73. The summed E-state index contributed by atoms with van der Waals surface area (Å²) >= 11 is 0. The summed E-state index contributed by atoms with van der Waals surface area (Å²) in [6.07, 6.45) is 2.11. The Morgan fingerprint density at radius 2 is 1.92 bits per heavy atom. The molecule has 1 N–H and O–H groups in total. The molecule has 1 aliphatic rings. The number of halogens is 2. The summed E-state index contributed by atoms with van der Waals surface area (Å²) in [6.45, 7) is 6.07. The van der Waals surface area contributed by atoms with Gasteiger partial charge in [0.15, 0.2) is 0 Å². The maximum absolute atomic E-state index is 14.0. The van der Waals surface area contributed by atoms with Crippen molar-refractivity contribution in [2.24, 2.45) is 0 Å². The molecule has 1 aromatic rings. The minimum atomic E-state index is -0.635. The molecule has 1 heterocycles. The van der Waals surface area contributed by atoms with Crippen LogP contribution in [0.3, 0.4) is 0 Å². The van der Waals surface area contributed by atoms with Gasteiger partial charge in [0, 0.05) is 45.5 Å². The van der Waals surface area contributed by atoms with Gasteiger partial charge in [-0.3, -0.25) is 4.90 Å². The summed E-state index contributed by atoms with van der Waals surface area (Å²) in [5.41, 5.74) is 0.276. The van der Waals surface area contributed by atoms with Crippen LogP contribution in [0.25, 0.3) is 0 Å². The fourth-order valence-electron chi connectivity index (χ4n) is 2.91. The Morgan fingerprint density at radius 1 is 1.20 bits per heavy atom. The predicted molar refractivity (Wildman–Crippen MR) is 92.5 cm³/mol. The second kappa shape index (κ2) is 9.68. The van der Waals surface area contributed by atoms with Crippen molar-refractivity contribution in [3.05, 3.63) is 34.9 Å². The normalized spacial score (nSPS) is 15.4. The van der Waals surface area contributed by atoms with Gasteiger partial charge < -0.3 is 15.0 Å². The second-order valence-corrected chi connectivity index (χ2v) is 6.34. The predicted octanol–water partition coefficient (Wildman–Crippen LogP) is 2.53. The number of ether oxygens (including phenoxy) is 1. The number of carbonyl (C=O) groups is 1. The number of carbonyl (C=O) groups excluding carboxylic acids is 1. The van der Waals surface area contributed by atoms with Crippen molar-refractivity contribution in [1.29, 1.82) is 0 Å². The van der Waals surface area contributed by atoms with Gasteiger partial charge in [0.05, 0.1) is 6.54 Å². The number of rotatable bonds is 7. The number of piperazine rings is 1. The minimum absolute atomic E-state index is 0.0925. The lowest BCUT2D eigenvalue weighted by atomic mass is 10.1. The molecule has 0 radical (unpaired) electrons. The van der Waals surface area contributed by atoms with Crippen LogP contribution < -0.4 is 5.32 Å². The molecular weight excluding hydrogens is 328 g/mol. The first-order valence-corrected chi connectivity index (χ1v) is 8.70. The third-order valence-corrected chi connectivity index (χ3v) is 4.53. The Kier molecular flexibility index (Phi) is 7.58. The third-order valence-electron chi connectivity index (χ3n) is 4.53. The number of urea groups is 1. The fraction of sp³-hybridized carbons (Fsp3) is 0.611. The van der Waals surface area contributed by atoms with Crippen LogP contribution in [0.1, 0.15) is 24.0 Å². The highest BCUT2D eigenvalue weighted by Crippen LogP contribution is 2.16. The lowest BCUT2D eigenvalue weighted by Crippen LogP contribution is -2.51. The van der Waals surface area contributed by atoms with E-state index in [2.05, 4.69) is 10.2 Å². The number of amides is 2. The Balaban J connectivity index is 1.75. The van der Waals surface area contributed by atoms with E-state index in [9.17, 15) is 13.6 Å². The number of unbranched alkanes of at least 4 members (excludes halogenated alkanes) is 1. The van der Waals surface area contributed by atoms with Crippen molar-refractivity contribution in [2.45, 2.75) is 26.3 Å². The smallest absolute Gasteiger partial charge is 0.317 e. The summed E-state index contributed by atoms with van der Waals surface area (Å²) in [4.78, 5) is 16.2. The molecule has 140 valence electrons. The molecule has 2 rings (SSSR count). The van der Waals surface area contributed by atoms with Crippen LogP contribution in [-0.4, -0.2) is 62.3 Å². The van der Waals surface area contributed by atoms with Crippen LogP contribution in [0.4, 0.5) is 13.6 Å². The molecule has 0 aromatic heterocycles. The standard InChI is InChI=1S/C18H27F2N3O2/c1-14-5-6-16(19)15(17(14)20)13-21-18(24)23-10-8-22(9-11-23)7-3-4-12-25-2/h5-6H,3-4,7-13H2,1-2H3,(H,21,24). The summed E-state index contributed by atoms with van der Waals surface area (Å²) in [6, 6.07) is 2.34. The van der Waals surface area contributed by atoms with E-state index in [1.54, 1.807) is 18.9 Å². The van der Waals surface area contributed by atoms with Gasteiger partial charge in [-0.25, -0.2) is 13.6 Å². The van der Waals surface area contributed by atoms with E-state index in [4.69, 9.17) is 4.74 Å². The molecule has 7 heteroatoms. The monoisotopic (exact) mass is 355 g/mol. The second-order valence-electron chi connectivity index (χ2n) is 6.34. The minimum Gasteiger partial charge on any atom is -0.385 e. The first-order chi connectivity index (χ1) is 12.0. The van der Waals surface area contributed by atoms with E-state index in [0.29, 0.717) is 18.7 Å². The zero-order valence-corrected chi connectivity index (χ0v) is 15.0. The Bertz CT molecular complexity index is 576. The molecule has 1 saturated heterocycles. The van der Waals surface area contributed by atoms with Crippen molar-refractivity contribution in [3.63, 3.8) is 0 Å². The average Bonchev–Trinajstić information content (AvgIpc) is 2.62. The zero-order valence-electron chi connectivity index (χ0n) is 15.0. The van der Waals surface area contributed by atoms with Gasteiger partial charge in [0.2, 0.25) is 0 Å². The van der Waals surface area contributed by atoms with Crippen molar-refractivity contribution < 1.29 is 18.3 Å². The molecule has 0 atom stereocenters. The summed E-state index contributed by atoms with van der Waals surface area (Å²) in [5.74, 6) is -1.23. The molecule has 5 nitrogen and oxygen atoms in total. The number of methoxy groups -OCH3 is 1. The van der Waals surface area contributed by atoms with Gasteiger partial charge >= 0.3 is 6.03 Å². The van der Waals surface area contributed by atoms with E-state index in [-0.39, 0.29) is 18.1 Å².